The second kappa shape index (κ2) is 9.70. The van der Waals surface area contributed by atoms with E-state index >= 15 is 0 Å². The second-order valence-corrected chi connectivity index (χ2v) is 9.03. The third kappa shape index (κ3) is 6.74. The lowest BCUT2D eigenvalue weighted by atomic mass is 9.86. The van der Waals surface area contributed by atoms with E-state index in [9.17, 15) is 14.0 Å². The molecular formula is C21H31ClFN3O2. The Labute approximate surface area is 172 Å². The van der Waals surface area contributed by atoms with Gasteiger partial charge in [-0.2, -0.15) is 0 Å². The van der Waals surface area contributed by atoms with Gasteiger partial charge in [0.25, 0.3) is 5.91 Å². The first-order valence-corrected chi connectivity index (χ1v) is 10.2. The standard InChI is InChI=1S/C21H31ClFN3O2/c1-21(2,3)26(4)19(27)13-24-18-7-5-14(6-8-18)12-25-20(28)15-9-16(22)11-17(23)10-15/h9-11,14,18,24H,5-8,12-13H2,1-4H3,(H,25,28). The lowest BCUT2D eigenvalue weighted by Gasteiger charge is -2.33. The number of carbonyl (C=O) groups is 2. The van der Waals surface area contributed by atoms with Crippen LogP contribution in [0.5, 0.6) is 0 Å². The Morgan fingerprint density at radius 2 is 1.82 bits per heavy atom. The summed E-state index contributed by atoms with van der Waals surface area (Å²) in [6.07, 6.45) is 3.90. The molecule has 0 heterocycles. The molecule has 0 atom stereocenters. The Kier molecular flexibility index (Phi) is 7.84. The number of hydrogen-bond acceptors (Lipinski definition) is 3. The van der Waals surface area contributed by atoms with Gasteiger partial charge in [-0.3, -0.25) is 9.59 Å². The summed E-state index contributed by atoms with van der Waals surface area (Å²) in [7, 11) is 1.83. The van der Waals surface area contributed by atoms with Crippen molar-refractivity contribution in [2.45, 2.75) is 58.0 Å². The molecule has 0 aliphatic heterocycles. The molecule has 1 aliphatic carbocycles. The molecule has 2 N–H and O–H groups in total. The quantitative estimate of drug-likeness (QED) is 0.751. The number of benzene rings is 1. The summed E-state index contributed by atoms with van der Waals surface area (Å²) in [5.74, 6) is -0.344. The van der Waals surface area contributed by atoms with Crippen LogP contribution in [-0.4, -0.2) is 48.4 Å². The van der Waals surface area contributed by atoms with Crippen molar-refractivity contribution in [2.24, 2.45) is 5.92 Å². The van der Waals surface area contributed by atoms with E-state index in [1.807, 2.05) is 27.8 Å². The lowest BCUT2D eigenvalue weighted by molar-refractivity contribution is -0.133. The number of nitrogens with one attached hydrogen (secondary N) is 2. The predicted molar refractivity (Wildman–Crippen MR) is 110 cm³/mol. The minimum atomic E-state index is -0.518. The van der Waals surface area contributed by atoms with Crippen molar-refractivity contribution in [3.05, 3.63) is 34.6 Å². The van der Waals surface area contributed by atoms with E-state index in [0.717, 1.165) is 25.7 Å². The number of likely N-dealkylation sites (N-methyl/N-ethyl adjacent to an activating group) is 1. The van der Waals surface area contributed by atoms with Crippen molar-refractivity contribution in [3.8, 4) is 0 Å². The minimum Gasteiger partial charge on any atom is -0.352 e. The van der Waals surface area contributed by atoms with Crippen LogP contribution in [0.15, 0.2) is 18.2 Å². The highest BCUT2D eigenvalue weighted by molar-refractivity contribution is 6.31. The molecule has 1 aliphatic rings. The van der Waals surface area contributed by atoms with Gasteiger partial charge in [0.2, 0.25) is 5.91 Å². The number of rotatable bonds is 6. The van der Waals surface area contributed by atoms with Crippen molar-refractivity contribution in [3.63, 3.8) is 0 Å². The van der Waals surface area contributed by atoms with Gasteiger partial charge in [-0.25, -0.2) is 4.39 Å². The summed E-state index contributed by atoms with van der Waals surface area (Å²) in [4.78, 5) is 26.2. The van der Waals surface area contributed by atoms with E-state index in [-0.39, 0.29) is 27.9 Å². The van der Waals surface area contributed by atoms with Crippen LogP contribution in [0.1, 0.15) is 56.8 Å². The van der Waals surface area contributed by atoms with E-state index in [1.54, 1.807) is 4.90 Å². The van der Waals surface area contributed by atoms with Crippen LogP contribution in [0.4, 0.5) is 4.39 Å². The summed E-state index contributed by atoms with van der Waals surface area (Å²) < 4.78 is 13.4. The van der Waals surface area contributed by atoms with Gasteiger partial charge in [0, 0.05) is 35.8 Å². The van der Waals surface area contributed by atoms with Gasteiger partial charge in [0.15, 0.2) is 0 Å². The largest absolute Gasteiger partial charge is 0.352 e. The fourth-order valence-electron chi connectivity index (χ4n) is 3.32. The average molecular weight is 412 g/mol. The maximum absolute atomic E-state index is 13.4. The van der Waals surface area contributed by atoms with Gasteiger partial charge < -0.3 is 15.5 Å². The zero-order valence-corrected chi connectivity index (χ0v) is 17.9. The first kappa shape index (κ1) is 22.6. The molecule has 0 radical (unpaired) electrons. The minimum absolute atomic E-state index is 0.0932. The molecule has 1 fully saturated rings. The monoisotopic (exact) mass is 411 g/mol. The van der Waals surface area contributed by atoms with Crippen LogP contribution in [0, 0.1) is 11.7 Å². The summed E-state index contributed by atoms with van der Waals surface area (Å²) in [6, 6.07) is 4.16. The second-order valence-electron chi connectivity index (χ2n) is 8.59. The van der Waals surface area contributed by atoms with Crippen LogP contribution < -0.4 is 10.6 Å². The molecule has 1 saturated carbocycles. The maximum atomic E-state index is 13.4. The molecule has 7 heteroatoms. The lowest BCUT2D eigenvalue weighted by Crippen LogP contribution is -2.48. The van der Waals surface area contributed by atoms with Crippen molar-refractivity contribution in [1.82, 2.24) is 15.5 Å². The molecule has 2 rings (SSSR count). The van der Waals surface area contributed by atoms with Crippen molar-refractivity contribution in [2.75, 3.05) is 20.1 Å². The molecule has 0 spiro atoms. The first-order valence-electron chi connectivity index (χ1n) is 9.80. The number of nitrogens with zero attached hydrogens (tertiary/aromatic N) is 1. The Morgan fingerprint density at radius 3 is 2.39 bits per heavy atom. The third-order valence-electron chi connectivity index (χ3n) is 5.45. The van der Waals surface area contributed by atoms with Gasteiger partial charge in [-0.15, -0.1) is 0 Å². The Balaban J connectivity index is 1.71. The molecule has 0 bridgehead atoms. The van der Waals surface area contributed by atoms with E-state index in [1.165, 1.54) is 18.2 Å². The van der Waals surface area contributed by atoms with Crippen LogP contribution in [0.2, 0.25) is 5.02 Å². The van der Waals surface area contributed by atoms with Crippen LogP contribution in [-0.2, 0) is 4.79 Å². The van der Waals surface area contributed by atoms with Gasteiger partial charge in [0.1, 0.15) is 5.82 Å². The number of carbonyl (C=O) groups excluding carboxylic acids is 2. The fraction of sp³-hybridized carbons (Fsp3) is 0.619. The maximum Gasteiger partial charge on any atom is 0.251 e. The number of amides is 2. The summed E-state index contributed by atoms with van der Waals surface area (Å²) in [6.45, 7) is 6.96. The number of hydrogen-bond donors (Lipinski definition) is 2. The van der Waals surface area contributed by atoms with Crippen molar-refractivity contribution < 1.29 is 14.0 Å². The number of halogens is 2. The van der Waals surface area contributed by atoms with E-state index in [4.69, 9.17) is 11.6 Å². The summed E-state index contributed by atoms with van der Waals surface area (Å²) >= 11 is 5.80. The van der Waals surface area contributed by atoms with Gasteiger partial charge in [0.05, 0.1) is 6.54 Å². The van der Waals surface area contributed by atoms with Gasteiger partial charge in [-0.1, -0.05) is 11.6 Å². The normalized spacial score (nSPS) is 19.9. The smallest absolute Gasteiger partial charge is 0.251 e. The van der Waals surface area contributed by atoms with E-state index in [0.29, 0.717) is 25.0 Å². The Bertz CT molecular complexity index is 677. The zero-order chi connectivity index (χ0) is 20.9. The molecule has 1 aromatic rings. The molecular weight excluding hydrogens is 381 g/mol. The predicted octanol–water partition coefficient (Wildman–Crippen LogP) is 3.61. The molecule has 2 amide bonds. The highest BCUT2D eigenvalue weighted by atomic mass is 35.5. The first-order chi connectivity index (χ1) is 13.1. The van der Waals surface area contributed by atoms with E-state index in [2.05, 4.69) is 10.6 Å². The van der Waals surface area contributed by atoms with Crippen molar-refractivity contribution >= 4 is 23.4 Å². The van der Waals surface area contributed by atoms with Gasteiger partial charge >= 0.3 is 0 Å². The molecule has 0 unspecified atom stereocenters. The summed E-state index contributed by atoms with van der Waals surface area (Å²) in [5, 5.41) is 6.45. The molecule has 0 aromatic heterocycles. The molecule has 156 valence electrons. The highest BCUT2D eigenvalue weighted by Crippen LogP contribution is 2.24. The highest BCUT2D eigenvalue weighted by Gasteiger charge is 2.25. The summed E-state index contributed by atoms with van der Waals surface area (Å²) in [5.41, 5.74) is 0.0578. The topological polar surface area (TPSA) is 61.4 Å². The van der Waals surface area contributed by atoms with Crippen LogP contribution >= 0.6 is 11.6 Å². The molecule has 5 nitrogen and oxygen atoms in total. The SMILES string of the molecule is CN(C(=O)CNC1CCC(CNC(=O)c2cc(F)cc(Cl)c2)CC1)C(C)(C)C. The Morgan fingerprint density at radius 1 is 1.18 bits per heavy atom. The van der Waals surface area contributed by atoms with E-state index < -0.39 is 5.82 Å². The van der Waals surface area contributed by atoms with Gasteiger partial charge in [-0.05, 0) is 70.6 Å². The average Bonchev–Trinajstić information content (AvgIpc) is 2.62. The molecule has 0 saturated heterocycles. The molecule has 1 aromatic carbocycles. The van der Waals surface area contributed by atoms with Crippen molar-refractivity contribution in [1.29, 1.82) is 0 Å². The molecule has 28 heavy (non-hydrogen) atoms. The zero-order valence-electron chi connectivity index (χ0n) is 17.1. The van der Waals surface area contributed by atoms with Crippen LogP contribution in [0.25, 0.3) is 0 Å². The van der Waals surface area contributed by atoms with Crippen LogP contribution in [0.3, 0.4) is 0 Å². The Hall–Kier alpha value is -1.66. The fourth-order valence-corrected chi connectivity index (χ4v) is 3.54. The third-order valence-corrected chi connectivity index (χ3v) is 5.66.